The number of alkyl halides is 3. The van der Waals surface area contributed by atoms with E-state index in [4.69, 9.17) is 9.90 Å². The Balaban J connectivity index is -0.0000000600. The Morgan fingerprint density at radius 2 is 1.30 bits per heavy atom. The molecule has 0 heterocycles. The molecule has 0 aliphatic rings. The van der Waals surface area contributed by atoms with E-state index in [1.54, 1.807) is 0 Å². The molecule has 0 aromatic heterocycles. The van der Waals surface area contributed by atoms with Gasteiger partial charge < -0.3 is 19.3 Å². The molecule has 8 heteroatoms. The van der Waals surface area contributed by atoms with E-state index in [1.165, 1.54) is 0 Å². The summed E-state index contributed by atoms with van der Waals surface area (Å²) in [5.41, 5.74) is 0. The molecule has 0 aromatic rings. The van der Waals surface area contributed by atoms with Gasteiger partial charge in [0.05, 0.1) is 0 Å². The summed E-state index contributed by atoms with van der Waals surface area (Å²) in [5.74, 6) is -3.01. The molecule has 2 nitrogen and oxygen atoms in total. The molecule has 58 valence electrons. The number of carboxylic acids is 1. The molecule has 0 bridgehead atoms. The second-order valence-electron chi connectivity index (χ2n) is 0.785. The van der Waals surface area contributed by atoms with Gasteiger partial charge in [-0.2, -0.15) is 13.2 Å². The van der Waals surface area contributed by atoms with E-state index in [0.29, 0.717) is 0 Å². The Morgan fingerprint density at radius 3 is 1.30 bits per heavy atom. The summed E-state index contributed by atoms with van der Waals surface area (Å²) in [6.45, 7) is 0. The van der Waals surface area contributed by atoms with Crippen molar-refractivity contribution >= 4 is 23.3 Å². The zero-order valence-corrected chi connectivity index (χ0v) is 5.44. The second kappa shape index (κ2) is 6.77. The molecule has 0 N–H and O–H groups in total. The molecular weight excluding hydrogens is 178 g/mol. The third kappa shape index (κ3) is 10.6. The first-order chi connectivity index (χ1) is 2.94. The van der Waals surface area contributed by atoms with Crippen LogP contribution in [-0.2, 0) is 4.79 Å². The van der Waals surface area contributed by atoms with E-state index in [9.17, 15) is 13.2 Å². The maximum atomic E-state index is 10.5. The average molecular weight is 178 g/mol. The minimum absolute atomic E-state index is 0. The van der Waals surface area contributed by atoms with E-state index >= 15 is 0 Å². The normalized spacial score (nSPS) is 7.90. The van der Waals surface area contributed by atoms with E-state index in [0.717, 1.165) is 0 Å². The van der Waals surface area contributed by atoms with Gasteiger partial charge in [-0.1, -0.05) is 0 Å². The summed E-state index contributed by atoms with van der Waals surface area (Å²) < 4.78 is 31.5. The van der Waals surface area contributed by atoms with E-state index in [1.807, 2.05) is 0 Å². The van der Waals surface area contributed by atoms with Crippen LogP contribution < -0.4 is 14.5 Å². The predicted octanol–water partition coefficient (Wildman–Crippen LogP) is -7.07. The number of hydrogen-bond donors (Lipinski definition) is 0. The Morgan fingerprint density at radius 1 is 1.20 bits per heavy atom. The van der Waals surface area contributed by atoms with Crippen LogP contribution in [0.3, 0.4) is 0 Å². The minimum atomic E-state index is -5.19. The van der Waals surface area contributed by atoms with Gasteiger partial charge in [0.1, 0.15) is 5.97 Å². The molecule has 10 heavy (non-hydrogen) atoms. The fourth-order valence-corrected chi connectivity index (χ4v) is 0. The number of carbonyl (C=O) groups excluding carboxylic acids is 1. The maximum absolute atomic E-state index is 10.5. The van der Waals surface area contributed by atoms with E-state index in [2.05, 4.69) is 0 Å². The van der Waals surface area contributed by atoms with E-state index in [-0.39, 0.29) is 26.8 Å². The number of rotatable bonds is 0. The first-order valence-corrected chi connectivity index (χ1v) is 1.23. The predicted molar refractivity (Wildman–Crippen MR) is 16.8 cm³/mol. The van der Waals surface area contributed by atoms with Gasteiger partial charge in [-0.3, -0.25) is 0 Å². The zero-order chi connectivity index (χ0) is 6.08. The first-order valence-electron chi connectivity index (χ1n) is 1.23. The van der Waals surface area contributed by atoms with E-state index < -0.39 is 12.1 Å². The van der Waals surface area contributed by atoms with Crippen molar-refractivity contribution in [3.8, 4) is 0 Å². The van der Waals surface area contributed by atoms with Crippen molar-refractivity contribution in [3.05, 3.63) is 0 Å². The third-order valence-corrected chi connectivity index (χ3v) is 0.231. The molecule has 0 aromatic carbocycles. The molecule has 0 aliphatic heterocycles. The molecule has 0 saturated carbocycles. The molecule has 0 aliphatic carbocycles. The van der Waals surface area contributed by atoms with Gasteiger partial charge >= 0.3 is 23.5 Å². The van der Waals surface area contributed by atoms with Crippen LogP contribution in [0, 0.1) is 0 Å². The quantitative estimate of drug-likeness (QED) is 0.273. The second-order valence-corrected chi connectivity index (χ2v) is 0.785. The van der Waals surface area contributed by atoms with Crippen molar-refractivity contribution in [1.82, 2.24) is 0 Å². The van der Waals surface area contributed by atoms with Crippen LogP contribution in [0.5, 0.6) is 0 Å². The molecule has 0 unspecified atom stereocenters. The van der Waals surface area contributed by atoms with Crippen molar-refractivity contribution in [1.29, 1.82) is 0 Å². The Hall–Kier alpha value is -0.348. The summed E-state index contributed by atoms with van der Waals surface area (Å²) in [6.07, 6.45) is -5.19. The number of carbonyl (C=O) groups is 1. The third-order valence-electron chi connectivity index (χ3n) is 0.231. The molecule has 0 saturated heterocycles. The Labute approximate surface area is 62.9 Å². The molecule has 0 spiro atoms. The van der Waals surface area contributed by atoms with Crippen LogP contribution in [0.4, 0.5) is 13.2 Å². The van der Waals surface area contributed by atoms with Crippen molar-refractivity contribution in [2.75, 3.05) is 0 Å². The van der Waals surface area contributed by atoms with Crippen LogP contribution in [0.1, 0.15) is 0 Å². The van der Waals surface area contributed by atoms with Crippen LogP contribution in [0.15, 0.2) is 0 Å². The van der Waals surface area contributed by atoms with Gasteiger partial charge in [0.2, 0.25) is 0 Å². The summed E-state index contributed by atoms with van der Waals surface area (Å²) in [6, 6.07) is 0. The minimum Gasteiger partial charge on any atom is -1.00 e. The summed E-state index contributed by atoms with van der Waals surface area (Å²) in [5, 5.41) is 8.78. The standard InChI is InChI=1S/C2HF3O2.Al.2FH/c3-2(4,5)1(6)7;;;/h(H,6,7);;2*1H/q;+3;;/p-3. The number of aliphatic carboxylic acids is 1. The van der Waals surface area contributed by atoms with Gasteiger partial charge in [-0.25, -0.2) is 0 Å². The first kappa shape index (κ1) is 22.6. The molecule has 0 atom stereocenters. The maximum Gasteiger partial charge on any atom is 3.00 e. The number of hydrogen-bond acceptors (Lipinski definition) is 2. The van der Waals surface area contributed by atoms with Crippen LogP contribution in [0.2, 0.25) is 0 Å². The molecule has 0 radical (unpaired) electrons. The molecular formula is C2AlF5O2. The van der Waals surface area contributed by atoms with Crippen molar-refractivity contribution in [3.63, 3.8) is 0 Å². The molecule has 0 amide bonds. The smallest absolute Gasteiger partial charge is 1.00 e. The van der Waals surface area contributed by atoms with Crippen molar-refractivity contribution < 1.29 is 32.5 Å². The van der Waals surface area contributed by atoms with Crippen LogP contribution >= 0.6 is 0 Å². The van der Waals surface area contributed by atoms with Crippen LogP contribution in [-0.4, -0.2) is 29.5 Å². The van der Waals surface area contributed by atoms with Crippen molar-refractivity contribution in [2.24, 2.45) is 0 Å². The Bertz CT molecular complexity index is 90.1. The average Bonchev–Trinajstić information content (AvgIpc) is 1.31. The fraction of sp³-hybridized carbons (Fsp3) is 0.500. The topological polar surface area (TPSA) is 40.1 Å². The molecule has 0 fully saturated rings. The monoisotopic (exact) mass is 178 g/mol. The molecule has 0 rings (SSSR count). The summed E-state index contributed by atoms with van der Waals surface area (Å²) in [7, 11) is 0. The number of halogens is 5. The Kier molecular flexibility index (Phi) is 15.3. The summed E-state index contributed by atoms with van der Waals surface area (Å²) in [4.78, 5) is 8.78. The SMILES string of the molecule is O=C([O-])C(F)(F)F.[Al+3].[F-].[F-]. The van der Waals surface area contributed by atoms with Gasteiger partial charge in [0.15, 0.2) is 0 Å². The van der Waals surface area contributed by atoms with Crippen LogP contribution in [0.25, 0.3) is 0 Å². The largest absolute Gasteiger partial charge is 3.00 e. The fourth-order valence-electron chi connectivity index (χ4n) is 0. The number of carboxylic acid groups (broad SMARTS) is 1. The van der Waals surface area contributed by atoms with Gasteiger partial charge in [-0.05, 0) is 0 Å². The summed E-state index contributed by atoms with van der Waals surface area (Å²) >= 11 is 0. The van der Waals surface area contributed by atoms with Crippen molar-refractivity contribution in [2.45, 2.75) is 6.18 Å². The van der Waals surface area contributed by atoms with Gasteiger partial charge in [0.25, 0.3) is 0 Å². The van der Waals surface area contributed by atoms with Gasteiger partial charge in [0, 0.05) is 0 Å². The zero-order valence-electron chi connectivity index (χ0n) is 4.28. The van der Waals surface area contributed by atoms with Gasteiger partial charge in [-0.15, -0.1) is 0 Å².